The van der Waals surface area contributed by atoms with Crippen LogP contribution < -0.4 is 0 Å². The van der Waals surface area contributed by atoms with Crippen LogP contribution in [0.1, 0.15) is 48.9 Å². The molecule has 0 aliphatic heterocycles. The van der Waals surface area contributed by atoms with Crippen molar-refractivity contribution in [2.45, 2.75) is 47.1 Å². The van der Waals surface area contributed by atoms with Gasteiger partial charge in [0.1, 0.15) is 0 Å². The molecule has 15 heavy (non-hydrogen) atoms. The molecule has 0 amide bonds. The Kier molecular flexibility index (Phi) is 2.21. The van der Waals surface area contributed by atoms with Gasteiger partial charge >= 0.3 is 0 Å². The van der Waals surface area contributed by atoms with E-state index in [4.69, 9.17) is 0 Å². The third-order valence-corrected chi connectivity index (χ3v) is 3.10. The van der Waals surface area contributed by atoms with Gasteiger partial charge < -0.3 is 0 Å². The normalized spacial score (nSPS) is 19.1. The average Bonchev–Trinajstić information content (AvgIpc) is 2.40. The molecular weight excluding hydrogens is 188 g/mol. The van der Waals surface area contributed by atoms with E-state index in [-0.39, 0.29) is 11.2 Å². The molecule has 0 atom stereocenters. The van der Waals surface area contributed by atoms with E-state index in [9.17, 15) is 4.79 Å². The topological polar surface area (TPSA) is 34.9 Å². The first-order chi connectivity index (χ1) is 6.94. The third kappa shape index (κ3) is 1.60. The predicted octanol–water partition coefficient (Wildman–Crippen LogP) is 2.37. The number of aryl methyl sites for hydroxylation is 2. The van der Waals surface area contributed by atoms with Crippen molar-refractivity contribution in [1.82, 2.24) is 9.78 Å². The lowest BCUT2D eigenvalue weighted by molar-refractivity contribution is 0.0909. The van der Waals surface area contributed by atoms with Crippen molar-refractivity contribution < 1.29 is 4.79 Å². The van der Waals surface area contributed by atoms with Gasteiger partial charge in [-0.3, -0.25) is 9.48 Å². The highest BCUT2D eigenvalue weighted by atomic mass is 16.1. The van der Waals surface area contributed by atoms with Gasteiger partial charge in [-0.25, -0.2) is 0 Å². The van der Waals surface area contributed by atoms with Gasteiger partial charge in [-0.05, 0) is 25.7 Å². The van der Waals surface area contributed by atoms with Crippen LogP contribution in [0.3, 0.4) is 0 Å². The summed E-state index contributed by atoms with van der Waals surface area (Å²) >= 11 is 0. The molecule has 0 radical (unpaired) electrons. The predicted molar refractivity (Wildman–Crippen MR) is 59.1 cm³/mol. The van der Waals surface area contributed by atoms with E-state index in [1.54, 1.807) is 0 Å². The summed E-state index contributed by atoms with van der Waals surface area (Å²) in [7, 11) is 0. The lowest BCUT2D eigenvalue weighted by Crippen LogP contribution is -2.28. The van der Waals surface area contributed by atoms with Crippen LogP contribution >= 0.6 is 0 Å². The molecule has 0 unspecified atom stereocenters. The molecule has 1 heterocycles. The summed E-state index contributed by atoms with van der Waals surface area (Å²) in [4.78, 5) is 12.0. The van der Waals surface area contributed by atoms with Crippen molar-refractivity contribution in [3.8, 4) is 0 Å². The van der Waals surface area contributed by atoms with Crippen LogP contribution in [0.15, 0.2) is 0 Å². The molecule has 82 valence electrons. The highest BCUT2D eigenvalue weighted by Gasteiger charge is 2.34. The maximum absolute atomic E-state index is 12.0. The van der Waals surface area contributed by atoms with Crippen LogP contribution in [0.5, 0.6) is 0 Å². The Morgan fingerprint density at radius 1 is 1.40 bits per heavy atom. The number of carbonyl (C=O) groups is 1. The highest BCUT2D eigenvalue weighted by molar-refractivity contribution is 5.99. The minimum Gasteiger partial charge on any atom is -0.294 e. The number of nitrogens with zero attached hydrogens (tertiary/aromatic N) is 2. The molecule has 1 aromatic rings. The summed E-state index contributed by atoms with van der Waals surface area (Å²) in [5, 5.41) is 4.42. The van der Waals surface area contributed by atoms with E-state index < -0.39 is 0 Å². The maximum Gasteiger partial charge on any atom is 0.167 e. The summed E-state index contributed by atoms with van der Waals surface area (Å²) < 4.78 is 1.98. The molecule has 0 N–H and O–H groups in total. The molecular formula is C12H18N2O. The van der Waals surface area contributed by atoms with Crippen LogP contribution in [0.2, 0.25) is 0 Å². The van der Waals surface area contributed by atoms with Crippen LogP contribution in [0, 0.1) is 12.3 Å². The summed E-state index contributed by atoms with van der Waals surface area (Å²) in [6.45, 7) is 9.14. The zero-order valence-electron chi connectivity index (χ0n) is 9.92. The molecule has 1 aromatic heterocycles. The van der Waals surface area contributed by atoms with E-state index in [0.717, 1.165) is 29.9 Å². The standard InChI is InChI=1S/C12H18N2O/c1-5-14-9-6-12(3,4)7-10(15)11(9)8(2)13-14/h5-7H2,1-4H3. The van der Waals surface area contributed by atoms with Crippen LogP contribution in [-0.4, -0.2) is 15.6 Å². The first-order valence-corrected chi connectivity index (χ1v) is 5.54. The van der Waals surface area contributed by atoms with Crippen LogP contribution in [0.4, 0.5) is 0 Å². The Hall–Kier alpha value is -1.12. The number of Topliss-reactive ketones (excluding diaryl/α,β-unsaturated/α-hetero) is 1. The fourth-order valence-corrected chi connectivity index (χ4v) is 2.47. The van der Waals surface area contributed by atoms with Gasteiger partial charge in [0, 0.05) is 18.7 Å². The molecule has 3 nitrogen and oxygen atoms in total. The van der Waals surface area contributed by atoms with Crippen LogP contribution in [-0.2, 0) is 13.0 Å². The lowest BCUT2D eigenvalue weighted by Gasteiger charge is -2.29. The largest absolute Gasteiger partial charge is 0.294 e. The summed E-state index contributed by atoms with van der Waals surface area (Å²) in [5.74, 6) is 0.262. The SMILES string of the molecule is CCn1nc(C)c2c1CC(C)(C)CC2=O. The van der Waals surface area contributed by atoms with Crippen molar-refractivity contribution in [3.05, 3.63) is 17.0 Å². The monoisotopic (exact) mass is 206 g/mol. The fourth-order valence-electron chi connectivity index (χ4n) is 2.47. The van der Waals surface area contributed by atoms with E-state index in [1.807, 2.05) is 11.6 Å². The quantitative estimate of drug-likeness (QED) is 0.707. The molecule has 1 aliphatic carbocycles. The summed E-state index contributed by atoms with van der Waals surface area (Å²) in [6.07, 6.45) is 1.61. The van der Waals surface area contributed by atoms with Crippen LogP contribution in [0.25, 0.3) is 0 Å². The van der Waals surface area contributed by atoms with Gasteiger partial charge in [0.05, 0.1) is 11.3 Å². The van der Waals surface area contributed by atoms with Gasteiger partial charge in [-0.1, -0.05) is 13.8 Å². The number of aromatic nitrogens is 2. The van der Waals surface area contributed by atoms with Crippen molar-refractivity contribution in [2.24, 2.45) is 5.41 Å². The fraction of sp³-hybridized carbons (Fsp3) is 0.667. The second-order valence-electron chi connectivity index (χ2n) is 5.16. The Bertz CT molecular complexity index is 416. The zero-order chi connectivity index (χ0) is 11.2. The van der Waals surface area contributed by atoms with E-state index >= 15 is 0 Å². The van der Waals surface area contributed by atoms with Crippen molar-refractivity contribution in [3.63, 3.8) is 0 Å². The lowest BCUT2D eigenvalue weighted by atomic mass is 9.75. The van der Waals surface area contributed by atoms with Gasteiger partial charge in [-0.2, -0.15) is 5.10 Å². The number of ketones is 1. The Labute approximate surface area is 90.5 Å². The minimum absolute atomic E-state index is 0.0868. The van der Waals surface area contributed by atoms with Gasteiger partial charge in [-0.15, -0.1) is 0 Å². The number of rotatable bonds is 1. The second-order valence-corrected chi connectivity index (χ2v) is 5.16. The smallest absolute Gasteiger partial charge is 0.167 e. The minimum atomic E-state index is 0.0868. The van der Waals surface area contributed by atoms with Crippen molar-refractivity contribution in [1.29, 1.82) is 0 Å². The number of fused-ring (bicyclic) bond motifs is 1. The highest BCUT2D eigenvalue weighted by Crippen LogP contribution is 2.35. The maximum atomic E-state index is 12.0. The zero-order valence-corrected chi connectivity index (χ0v) is 9.92. The number of carbonyl (C=O) groups excluding carboxylic acids is 1. The van der Waals surface area contributed by atoms with Crippen molar-refractivity contribution >= 4 is 5.78 Å². The summed E-state index contributed by atoms with van der Waals surface area (Å²) in [5.41, 5.74) is 3.00. The molecule has 0 spiro atoms. The number of hydrogen-bond acceptors (Lipinski definition) is 2. The Morgan fingerprint density at radius 2 is 2.07 bits per heavy atom. The van der Waals surface area contributed by atoms with Gasteiger partial charge in [0.2, 0.25) is 0 Å². The molecule has 0 saturated heterocycles. The second kappa shape index (κ2) is 3.19. The summed E-state index contributed by atoms with van der Waals surface area (Å²) in [6, 6.07) is 0. The first kappa shape index (κ1) is 10.4. The third-order valence-electron chi connectivity index (χ3n) is 3.10. The molecule has 0 bridgehead atoms. The number of hydrogen-bond donors (Lipinski definition) is 0. The van der Waals surface area contributed by atoms with Crippen molar-refractivity contribution in [2.75, 3.05) is 0 Å². The molecule has 0 saturated carbocycles. The van der Waals surface area contributed by atoms with E-state index in [1.165, 1.54) is 0 Å². The van der Waals surface area contributed by atoms with Gasteiger partial charge in [0.25, 0.3) is 0 Å². The first-order valence-electron chi connectivity index (χ1n) is 5.54. The Balaban J connectivity index is 2.57. The van der Waals surface area contributed by atoms with Gasteiger partial charge in [0.15, 0.2) is 5.78 Å². The average molecular weight is 206 g/mol. The molecule has 3 heteroatoms. The van der Waals surface area contributed by atoms with E-state index in [2.05, 4.69) is 25.9 Å². The van der Waals surface area contributed by atoms with E-state index in [0.29, 0.717) is 6.42 Å². The molecule has 0 aromatic carbocycles. The Morgan fingerprint density at radius 3 is 2.67 bits per heavy atom. The molecule has 2 rings (SSSR count). The molecule has 0 fully saturated rings. The molecule has 1 aliphatic rings.